The van der Waals surface area contributed by atoms with E-state index in [1.165, 1.54) is 12.1 Å². The summed E-state index contributed by atoms with van der Waals surface area (Å²) in [6.07, 6.45) is 2.77. The standard InChI is InChI=1S/C15H21F2NO/c1-2-6-18-10-15(5-7-19-11-15)9-12-3-4-13(16)14(17)8-12/h3-4,8,18H,2,5-7,9-11H2,1H3. The molecule has 4 heteroatoms. The van der Waals surface area contributed by atoms with Crippen molar-refractivity contribution in [3.8, 4) is 0 Å². The summed E-state index contributed by atoms with van der Waals surface area (Å²) in [4.78, 5) is 0. The van der Waals surface area contributed by atoms with Gasteiger partial charge in [0, 0.05) is 18.6 Å². The normalized spacial score (nSPS) is 22.9. The lowest BCUT2D eigenvalue weighted by Gasteiger charge is -2.28. The zero-order valence-electron chi connectivity index (χ0n) is 11.3. The third-order valence-electron chi connectivity index (χ3n) is 3.67. The molecule has 0 saturated carbocycles. The highest BCUT2D eigenvalue weighted by Crippen LogP contribution is 2.32. The van der Waals surface area contributed by atoms with E-state index >= 15 is 0 Å². The summed E-state index contributed by atoms with van der Waals surface area (Å²) >= 11 is 0. The van der Waals surface area contributed by atoms with Crippen molar-refractivity contribution in [3.05, 3.63) is 35.4 Å². The van der Waals surface area contributed by atoms with Gasteiger partial charge >= 0.3 is 0 Å². The third-order valence-corrected chi connectivity index (χ3v) is 3.67. The molecule has 19 heavy (non-hydrogen) atoms. The minimum atomic E-state index is -0.787. The predicted molar refractivity (Wildman–Crippen MR) is 71.1 cm³/mol. The Bertz CT molecular complexity index is 417. The molecule has 1 aliphatic rings. The zero-order chi connectivity index (χ0) is 13.7. The Morgan fingerprint density at radius 1 is 1.32 bits per heavy atom. The van der Waals surface area contributed by atoms with E-state index in [1.54, 1.807) is 6.07 Å². The number of hydrogen-bond donors (Lipinski definition) is 1. The van der Waals surface area contributed by atoms with E-state index in [2.05, 4.69) is 12.2 Å². The highest BCUT2D eigenvalue weighted by molar-refractivity contribution is 5.20. The Kier molecular flexibility index (Phi) is 4.88. The molecule has 0 radical (unpaired) electrons. The molecule has 1 atom stereocenters. The molecular weight excluding hydrogens is 248 g/mol. The first-order chi connectivity index (χ1) is 9.15. The van der Waals surface area contributed by atoms with Gasteiger partial charge in [0.25, 0.3) is 0 Å². The Hall–Kier alpha value is -1.00. The van der Waals surface area contributed by atoms with Crippen LogP contribution < -0.4 is 5.32 Å². The van der Waals surface area contributed by atoms with Crippen LogP contribution in [0.4, 0.5) is 8.78 Å². The molecule has 1 aromatic rings. The summed E-state index contributed by atoms with van der Waals surface area (Å²) in [7, 11) is 0. The summed E-state index contributed by atoms with van der Waals surface area (Å²) < 4.78 is 31.7. The first-order valence-electron chi connectivity index (χ1n) is 6.88. The van der Waals surface area contributed by atoms with Crippen molar-refractivity contribution in [1.29, 1.82) is 0 Å². The average Bonchev–Trinajstić information content (AvgIpc) is 2.83. The molecule has 1 aromatic carbocycles. The van der Waals surface area contributed by atoms with Crippen molar-refractivity contribution in [2.24, 2.45) is 5.41 Å². The zero-order valence-corrected chi connectivity index (χ0v) is 11.3. The molecule has 0 amide bonds. The second kappa shape index (κ2) is 6.44. The fourth-order valence-corrected chi connectivity index (χ4v) is 2.60. The number of benzene rings is 1. The molecule has 2 rings (SSSR count). The minimum Gasteiger partial charge on any atom is -0.381 e. The first-order valence-corrected chi connectivity index (χ1v) is 6.88. The van der Waals surface area contributed by atoms with Crippen LogP contribution in [0.1, 0.15) is 25.3 Å². The fourth-order valence-electron chi connectivity index (χ4n) is 2.60. The largest absolute Gasteiger partial charge is 0.381 e. The summed E-state index contributed by atoms with van der Waals surface area (Å²) in [5.74, 6) is -1.56. The van der Waals surface area contributed by atoms with Crippen LogP contribution in [0.3, 0.4) is 0 Å². The maximum absolute atomic E-state index is 13.3. The molecule has 1 saturated heterocycles. The molecule has 1 heterocycles. The van der Waals surface area contributed by atoms with E-state index in [1.807, 2.05) is 0 Å². The van der Waals surface area contributed by atoms with Gasteiger partial charge in [-0.15, -0.1) is 0 Å². The van der Waals surface area contributed by atoms with Gasteiger partial charge < -0.3 is 10.1 Å². The van der Waals surface area contributed by atoms with Gasteiger partial charge in [-0.2, -0.15) is 0 Å². The highest BCUT2D eigenvalue weighted by Gasteiger charge is 2.34. The van der Waals surface area contributed by atoms with Gasteiger partial charge in [-0.05, 0) is 43.5 Å². The fraction of sp³-hybridized carbons (Fsp3) is 0.600. The average molecular weight is 269 g/mol. The van der Waals surface area contributed by atoms with Crippen molar-refractivity contribution >= 4 is 0 Å². The minimum absolute atomic E-state index is 0.0133. The van der Waals surface area contributed by atoms with E-state index in [0.29, 0.717) is 6.61 Å². The van der Waals surface area contributed by atoms with Crippen LogP contribution in [-0.4, -0.2) is 26.3 Å². The van der Waals surface area contributed by atoms with Gasteiger partial charge in [0.1, 0.15) is 0 Å². The van der Waals surface area contributed by atoms with Crippen LogP contribution in [0.25, 0.3) is 0 Å². The van der Waals surface area contributed by atoms with Crippen LogP contribution in [0.2, 0.25) is 0 Å². The molecule has 1 fully saturated rings. The van der Waals surface area contributed by atoms with E-state index in [-0.39, 0.29) is 5.41 Å². The quantitative estimate of drug-likeness (QED) is 0.802. The van der Waals surface area contributed by atoms with Crippen molar-refractivity contribution in [2.45, 2.75) is 26.2 Å². The van der Waals surface area contributed by atoms with E-state index in [9.17, 15) is 8.78 Å². The summed E-state index contributed by atoms with van der Waals surface area (Å²) in [5, 5.41) is 3.42. The number of halogens is 2. The van der Waals surface area contributed by atoms with Gasteiger partial charge in [0.05, 0.1) is 6.61 Å². The SMILES string of the molecule is CCCNCC1(Cc2ccc(F)c(F)c2)CCOC1. The van der Waals surface area contributed by atoms with Crippen LogP contribution in [0.15, 0.2) is 18.2 Å². The third kappa shape index (κ3) is 3.74. The molecule has 0 bridgehead atoms. The van der Waals surface area contributed by atoms with Crippen molar-refractivity contribution in [3.63, 3.8) is 0 Å². The number of rotatable bonds is 6. The molecule has 0 spiro atoms. The molecule has 0 aliphatic carbocycles. The van der Waals surface area contributed by atoms with Crippen molar-refractivity contribution in [2.75, 3.05) is 26.3 Å². The van der Waals surface area contributed by atoms with E-state index < -0.39 is 11.6 Å². The Labute approximate surface area is 113 Å². The second-order valence-corrected chi connectivity index (χ2v) is 5.40. The lowest BCUT2D eigenvalue weighted by atomic mass is 9.81. The lowest BCUT2D eigenvalue weighted by molar-refractivity contribution is 0.149. The van der Waals surface area contributed by atoms with Crippen molar-refractivity contribution in [1.82, 2.24) is 5.32 Å². The molecular formula is C15H21F2NO. The monoisotopic (exact) mass is 269 g/mol. The lowest BCUT2D eigenvalue weighted by Crippen LogP contribution is -2.37. The molecule has 0 aromatic heterocycles. The number of ether oxygens (including phenoxy) is 1. The van der Waals surface area contributed by atoms with Gasteiger partial charge in [-0.25, -0.2) is 8.78 Å². The Balaban J connectivity index is 2.05. The summed E-state index contributed by atoms with van der Waals surface area (Å²) in [5.41, 5.74) is 0.849. The summed E-state index contributed by atoms with van der Waals surface area (Å²) in [6, 6.07) is 4.17. The molecule has 1 unspecified atom stereocenters. The maximum Gasteiger partial charge on any atom is 0.159 e. The molecule has 1 aliphatic heterocycles. The van der Waals surface area contributed by atoms with Crippen LogP contribution in [0.5, 0.6) is 0 Å². The van der Waals surface area contributed by atoms with Crippen molar-refractivity contribution < 1.29 is 13.5 Å². The Morgan fingerprint density at radius 2 is 2.16 bits per heavy atom. The van der Waals surface area contributed by atoms with Gasteiger partial charge in [-0.1, -0.05) is 13.0 Å². The summed E-state index contributed by atoms with van der Waals surface area (Å²) in [6.45, 7) is 5.39. The van der Waals surface area contributed by atoms with Crippen LogP contribution in [-0.2, 0) is 11.2 Å². The van der Waals surface area contributed by atoms with Gasteiger partial charge in [0.2, 0.25) is 0 Å². The topological polar surface area (TPSA) is 21.3 Å². The van der Waals surface area contributed by atoms with Gasteiger partial charge in [-0.3, -0.25) is 0 Å². The first kappa shape index (κ1) is 14.4. The van der Waals surface area contributed by atoms with Gasteiger partial charge in [0.15, 0.2) is 11.6 Å². The molecule has 1 N–H and O–H groups in total. The second-order valence-electron chi connectivity index (χ2n) is 5.40. The molecule has 2 nitrogen and oxygen atoms in total. The smallest absolute Gasteiger partial charge is 0.159 e. The number of hydrogen-bond acceptors (Lipinski definition) is 2. The maximum atomic E-state index is 13.3. The predicted octanol–water partition coefficient (Wildman–Crippen LogP) is 2.91. The highest BCUT2D eigenvalue weighted by atomic mass is 19.2. The Morgan fingerprint density at radius 3 is 2.79 bits per heavy atom. The van der Waals surface area contributed by atoms with E-state index in [0.717, 1.165) is 44.5 Å². The van der Waals surface area contributed by atoms with Crippen LogP contribution in [0, 0.1) is 17.0 Å². The number of nitrogens with one attached hydrogen (secondary N) is 1. The van der Waals surface area contributed by atoms with E-state index in [4.69, 9.17) is 4.74 Å². The molecule has 106 valence electrons. The van der Waals surface area contributed by atoms with Crippen LogP contribution >= 0.6 is 0 Å².